The summed E-state index contributed by atoms with van der Waals surface area (Å²) >= 11 is 1.63. The zero-order chi connectivity index (χ0) is 15.4. The maximum absolute atomic E-state index is 12.7. The van der Waals surface area contributed by atoms with Gasteiger partial charge in [-0.3, -0.25) is 9.59 Å². The summed E-state index contributed by atoms with van der Waals surface area (Å²) in [5, 5.41) is 4.92. The van der Waals surface area contributed by atoms with E-state index in [2.05, 4.69) is 12.2 Å². The van der Waals surface area contributed by atoms with E-state index in [1.807, 2.05) is 31.4 Å². The molecule has 1 aromatic rings. The largest absolute Gasteiger partial charge is 0.342 e. The number of amides is 2. The second-order valence-electron chi connectivity index (χ2n) is 5.73. The highest BCUT2D eigenvalue weighted by Gasteiger charge is 2.42. The summed E-state index contributed by atoms with van der Waals surface area (Å²) in [5.41, 5.74) is 0. The van der Waals surface area contributed by atoms with Crippen LogP contribution in [0.15, 0.2) is 17.5 Å². The van der Waals surface area contributed by atoms with Crippen molar-refractivity contribution in [3.8, 4) is 0 Å². The topological polar surface area (TPSA) is 49.4 Å². The Bertz CT molecular complexity index is 486. The average Bonchev–Trinajstić information content (AvgIpc) is 2.97. The summed E-state index contributed by atoms with van der Waals surface area (Å²) < 4.78 is 0. The Kier molecular flexibility index (Phi) is 5.39. The quantitative estimate of drug-likeness (QED) is 0.878. The van der Waals surface area contributed by atoms with Crippen LogP contribution in [0.5, 0.6) is 0 Å². The first-order chi connectivity index (χ1) is 10.1. The van der Waals surface area contributed by atoms with Crippen LogP contribution in [0.2, 0.25) is 0 Å². The van der Waals surface area contributed by atoms with Gasteiger partial charge in [0.25, 0.3) is 0 Å². The highest BCUT2D eigenvalue weighted by atomic mass is 32.1. The minimum Gasteiger partial charge on any atom is -0.342 e. The summed E-state index contributed by atoms with van der Waals surface area (Å²) in [6.45, 7) is 6.67. The Morgan fingerprint density at radius 3 is 2.71 bits per heavy atom. The van der Waals surface area contributed by atoms with Crippen molar-refractivity contribution in [2.24, 2.45) is 5.92 Å². The number of nitrogens with zero attached hydrogens (tertiary/aromatic N) is 1. The van der Waals surface area contributed by atoms with Crippen molar-refractivity contribution in [3.63, 3.8) is 0 Å². The lowest BCUT2D eigenvalue weighted by Crippen LogP contribution is -2.64. The van der Waals surface area contributed by atoms with E-state index < -0.39 is 0 Å². The van der Waals surface area contributed by atoms with Crippen LogP contribution in [-0.4, -0.2) is 28.8 Å². The van der Waals surface area contributed by atoms with Gasteiger partial charge in [0.15, 0.2) is 0 Å². The molecule has 1 N–H and O–H groups in total. The Hall–Kier alpha value is -1.36. The molecule has 0 aromatic carbocycles. The van der Waals surface area contributed by atoms with Gasteiger partial charge in [-0.25, -0.2) is 0 Å². The van der Waals surface area contributed by atoms with Crippen LogP contribution in [0, 0.1) is 5.92 Å². The molecule has 2 rings (SSSR count). The number of carbonyl (C=O) groups is 2. The van der Waals surface area contributed by atoms with Crippen LogP contribution >= 0.6 is 11.3 Å². The van der Waals surface area contributed by atoms with E-state index in [0.29, 0.717) is 13.0 Å². The minimum atomic E-state index is -0.359. The molecule has 2 heterocycles. The molecule has 116 valence electrons. The number of nitrogens with one attached hydrogen (secondary N) is 1. The van der Waals surface area contributed by atoms with Crippen LogP contribution in [-0.2, 0) is 16.1 Å². The Balaban J connectivity index is 2.25. The van der Waals surface area contributed by atoms with E-state index >= 15 is 0 Å². The van der Waals surface area contributed by atoms with Gasteiger partial charge in [0.05, 0.1) is 6.54 Å². The normalized spacial score (nSPS) is 24.0. The molecule has 1 fully saturated rings. The van der Waals surface area contributed by atoms with E-state index in [4.69, 9.17) is 0 Å². The van der Waals surface area contributed by atoms with Crippen molar-refractivity contribution >= 4 is 23.2 Å². The van der Waals surface area contributed by atoms with E-state index in [9.17, 15) is 9.59 Å². The third kappa shape index (κ3) is 3.46. The molecule has 3 atom stereocenters. The van der Waals surface area contributed by atoms with Gasteiger partial charge in [0.1, 0.15) is 12.1 Å². The number of thiophene rings is 1. The Morgan fingerprint density at radius 2 is 2.14 bits per heavy atom. The SMILES string of the molecule is CCCC1NC(=O)C(C(C)CC)N(Cc2cccs2)C1=O. The molecular weight excluding hydrogens is 284 g/mol. The highest BCUT2D eigenvalue weighted by Crippen LogP contribution is 2.25. The van der Waals surface area contributed by atoms with Crippen LogP contribution in [0.3, 0.4) is 0 Å². The number of hydrogen-bond donors (Lipinski definition) is 1. The van der Waals surface area contributed by atoms with Gasteiger partial charge in [-0.2, -0.15) is 0 Å². The van der Waals surface area contributed by atoms with Gasteiger partial charge >= 0.3 is 0 Å². The summed E-state index contributed by atoms with van der Waals surface area (Å²) in [4.78, 5) is 28.1. The fraction of sp³-hybridized carbons (Fsp3) is 0.625. The van der Waals surface area contributed by atoms with Crippen LogP contribution in [0.1, 0.15) is 44.9 Å². The van der Waals surface area contributed by atoms with Crippen molar-refractivity contribution in [3.05, 3.63) is 22.4 Å². The molecule has 5 heteroatoms. The molecule has 21 heavy (non-hydrogen) atoms. The molecule has 1 aromatic heterocycles. The second kappa shape index (κ2) is 7.07. The molecule has 1 aliphatic heterocycles. The molecular formula is C16H24N2O2S. The highest BCUT2D eigenvalue weighted by molar-refractivity contribution is 7.09. The maximum Gasteiger partial charge on any atom is 0.246 e. The fourth-order valence-electron chi connectivity index (χ4n) is 2.82. The number of carbonyl (C=O) groups excluding carboxylic acids is 2. The summed E-state index contributed by atoms with van der Waals surface area (Å²) in [7, 11) is 0. The van der Waals surface area contributed by atoms with Gasteiger partial charge < -0.3 is 10.2 Å². The molecule has 0 radical (unpaired) electrons. The standard InChI is InChI=1S/C16H24N2O2S/c1-4-7-13-16(20)18(10-12-8-6-9-21-12)14(11(3)5-2)15(19)17-13/h6,8-9,11,13-14H,4-5,7,10H2,1-3H3,(H,17,19). The average molecular weight is 308 g/mol. The molecule has 1 saturated heterocycles. The molecule has 4 nitrogen and oxygen atoms in total. The van der Waals surface area contributed by atoms with E-state index in [-0.39, 0.29) is 29.8 Å². The fourth-order valence-corrected chi connectivity index (χ4v) is 3.52. The molecule has 1 aliphatic rings. The molecule has 0 spiro atoms. The first-order valence-corrected chi connectivity index (χ1v) is 8.59. The summed E-state index contributed by atoms with van der Waals surface area (Å²) in [6.07, 6.45) is 2.47. The molecule has 0 bridgehead atoms. The van der Waals surface area contributed by atoms with Crippen molar-refractivity contribution in [2.75, 3.05) is 0 Å². The van der Waals surface area contributed by atoms with E-state index in [0.717, 1.165) is 17.7 Å². The predicted molar refractivity (Wildman–Crippen MR) is 85.0 cm³/mol. The monoisotopic (exact) mass is 308 g/mol. The van der Waals surface area contributed by atoms with Crippen molar-refractivity contribution < 1.29 is 9.59 Å². The molecule has 2 amide bonds. The van der Waals surface area contributed by atoms with E-state index in [1.165, 1.54) is 0 Å². The summed E-state index contributed by atoms with van der Waals surface area (Å²) in [6, 6.07) is 3.30. The van der Waals surface area contributed by atoms with Crippen LogP contribution < -0.4 is 5.32 Å². The predicted octanol–water partition coefficient (Wildman–Crippen LogP) is 2.79. The zero-order valence-electron chi connectivity index (χ0n) is 13.0. The smallest absolute Gasteiger partial charge is 0.246 e. The van der Waals surface area contributed by atoms with Gasteiger partial charge in [-0.15, -0.1) is 11.3 Å². The van der Waals surface area contributed by atoms with Gasteiger partial charge in [0.2, 0.25) is 11.8 Å². The number of hydrogen-bond acceptors (Lipinski definition) is 3. The number of piperazine rings is 1. The van der Waals surface area contributed by atoms with E-state index in [1.54, 1.807) is 16.2 Å². The lowest BCUT2D eigenvalue weighted by atomic mass is 9.92. The van der Waals surface area contributed by atoms with Crippen LogP contribution in [0.4, 0.5) is 0 Å². The van der Waals surface area contributed by atoms with Gasteiger partial charge in [-0.1, -0.05) is 39.7 Å². The molecule has 0 saturated carbocycles. The van der Waals surface area contributed by atoms with Crippen LogP contribution in [0.25, 0.3) is 0 Å². The lowest BCUT2D eigenvalue weighted by Gasteiger charge is -2.41. The minimum absolute atomic E-state index is 0.000967. The zero-order valence-corrected chi connectivity index (χ0v) is 13.8. The van der Waals surface area contributed by atoms with Gasteiger partial charge in [-0.05, 0) is 23.8 Å². The van der Waals surface area contributed by atoms with Crippen molar-refractivity contribution in [2.45, 2.75) is 58.7 Å². The first kappa shape index (κ1) is 16.0. The molecule has 0 aliphatic carbocycles. The van der Waals surface area contributed by atoms with Crippen molar-refractivity contribution in [1.29, 1.82) is 0 Å². The van der Waals surface area contributed by atoms with Crippen molar-refractivity contribution in [1.82, 2.24) is 10.2 Å². The lowest BCUT2D eigenvalue weighted by molar-refractivity contribution is -0.152. The summed E-state index contributed by atoms with van der Waals surface area (Å²) in [5.74, 6) is 0.227. The second-order valence-corrected chi connectivity index (χ2v) is 6.76. The maximum atomic E-state index is 12.7. The first-order valence-electron chi connectivity index (χ1n) is 7.71. The Morgan fingerprint density at radius 1 is 1.38 bits per heavy atom. The number of rotatable bonds is 6. The third-order valence-corrected chi connectivity index (χ3v) is 5.03. The third-order valence-electron chi connectivity index (χ3n) is 4.17. The Labute approximate surface area is 130 Å². The molecule has 3 unspecified atom stereocenters. The van der Waals surface area contributed by atoms with Gasteiger partial charge in [0, 0.05) is 4.88 Å².